The van der Waals surface area contributed by atoms with Crippen LogP contribution in [0.2, 0.25) is 0 Å². The van der Waals surface area contributed by atoms with Gasteiger partial charge in [-0.25, -0.2) is 5.43 Å². The van der Waals surface area contributed by atoms with Crippen LogP contribution in [0.25, 0.3) is 0 Å². The van der Waals surface area contributed by atoms with E-state index in [1.807, 2.05) is 56.3 Å². The van der Waals surface area contributed by atoms with Gasteiger partial charge in [-0.15, -0.1) is 0 Å². The first kappa shape index (κ1) is 16.7. The van der Waals surface area contributed by atoms with Crippen LogP contribution in [0.5, 0.6) is 5.75 Å². The van der Waals surface area contributed by atoms with E-state index in [2.05, 4.69) is 17.5 Å². The second-order valence-corrected chi connectivity index (χ2v) is 5.44. The second-order valence-electron chi connectivity index (χ2n) is 5.44. The Hall–Kier alpha value is -2.62. The maximum atomic E-state index is 11.7. The number of nitrogens with zero attached hydrogens (tertiary/aromatic N) is 1. The van der Waals surface area contributed by atoms with Crippen LogP contribution in [-0.2, 0) is 11.2 Å². The van der Waals surface area contributed by atoms with Gasteiger partial charge in [-0.2, -0.15) is 5.10 Å². The fourth-order valence-electron chi connectivity index (χ4n) is 2.08. The Labute approximate surface area is 137 Å². The lowest BCUT2D eigenvalue weighted by molar-refractivity contribution is -0.123. The lowest BCUT2D eigenvalue weighted by Gasteiger charge is -2.06. The molecule has 0 radical (unpaired) electrons. The van der Waals surface area contributed by atoms with Crippen molar-refractivity contribution >= 4 is 12.1 Å². The van der Waals surface area contributed by atoms with E-state index in [9.17, 15) is 4.79 Å². The number of benzene rings is 2. The largest absolute Gasteiger partial charge is 0.484 e. The van der Waals surface area contributed by atoms with Crippen LogP contribution in [0, 0.1) is 13.8 Å². The summed E-state index contributed by atoms with van der Waals surface area (Å²) in [5.74, 6) is 0.391. The van der Waals surface area contributed by atoms with Crippen molar-refractivity contribution in [2.24, 2.45) is 5.10 Å². The summed E-state index contributed by atoms with van der Waals surface area (Å²) in [4.78, 5) is 11.7. The van der Waals surface area contributed by atoms with E-state index in [1.54, 1.807) is 6.21 Å². The monoisotopic (exact) mass is 310 g/mol. The highest BCUT2D eigenvalue weighted by Crippen LogP contribution is 2.12. The van der Waals surface area contributed by atoms with Gasteiger partial charge < -0.3 is 4.74 Å². The predicted molar refractivity (Wildman–Crippen MR) is 93.0 cm³/mol. The van der Waals surface area contributed by atoms with Crippen molar-refractivity contribution in [3.63, 3.8) is 0 Å². The summed E-state index contributed by atoms with van der Waals surface area (Å²) in [6.45, 7) is 6.06. The molecule has 0 spiro atoms. The molecular weight excluding hydrogens is 288 g/mol. The van der Waals surface area contributed by atoms with Crippen molar-refractivity contribution in [1.29, 1.82) is 0 Å². The van der Waals surface area contributed by atoms with E-state index in [4.69, 9.17) is 4.74 Å². The van der Waals surface area contributed by atoms with E-state index < -0.39 is 0 Å². The first-order valence-corrected chi connectivity index (χ1v) is 7.69. The number of ether oxygens (including phenoxy) is 1. The number of carbonyl (C=O) groups excluding carboxylic acids is 1. The van der Waals surface area contributed by atoms with Crippen LogP contribution in [0.3, 0.4) is 0 Å². The van der Waals surface area contributed by atoms with Crippen molar-refractivity contribution in [2.45, 2.75) is 27.2 Å². The standard InChI is InChI=1S/C19H22N2O2/c1-4-16-7-9-18(10-8-16)23-13-19(22)21-20-12-17-11-14(2)5-6-15(17)3/h5-12H,4,13H2,1-3H3,(H,21,22)/b20-12+. The molecule has 23 heavy (non-hydrogen) atoms. The Balaban J connectivity index is 1.82. The average Bonchev–Trinajstić information content (AvgIpc) is 2.56. The van der Waals surface area contributed by atoms with Gasteiger partial charge in [0.15, 0.2) is 6.61 Å². The molecule has 4 heteroatoms. The van der Waals surface area contributed by atoms with E-state index in [-0.39, 0.29) is 12.5 Å². The molecule has 0 atom stereocenters. The summed E-state index contributed by atoms with van der Waals surface area (Å²) in [6, 6.07) is 13.8. The molecule has 2 aromatic carbocycles. The van der Waals surface area contributed by atoms with E-state index in [0.29, 0.717) is 5.75 Å². The molecule has 0 aliphatic heterocycles. The molecule has 0 aliphatic carbocycles. The topological polar surface area (TPSA) is 50.7 Å². The van der Waals surface area contributed by atoms with E-state index >= 15 is 0 Å². The molecule has 0 aliphatic rings. The number of carbonyl (C=O) groups is 1. The molecule has 0 saturated heterocycles. The minimum Gasteiger partial charge on any atom is -0.484 e. The maximum Gasteiger partial charge on any atom is 0.277 e. The van der Waals surface area contributed by atoms with Crippen LogP contribution >= 0.6 is 0 Å². The molecule has 2 rings (SSSR count). The van der Waals surface area contributed by atoms with Gasteiger partial charge >= 0.3 is 0 Å². The van der Waals surface area contributed by atoms with Crippen molar-refractivity contribution in [2.75, 3.05) is 6.61 Å². The minimum atomic E-state index is -0.286. The van der Waals surface area contributed by atoms with Crippen LogP contribution in [-0.4, -0.2) is 18.7 Å². The smallest absolute Gasteiger partial charge is 0.277 e. The quantitative estimate of drug-likeness (QED) is 0.657. The SMILES string of the molecule is CCc1ccc(OCC(=O)N/N=C/c2cc(C)ccc2C)cc1. The summed E-state index contributed by atoms with van der Waals surface area (Å²) >= 11 is 0. The highest BCUT2D eigenvalue weighted by Gasteiger charge is 2.02. The first-order valence-electron chi connectivity index (χ1n) is 7.69. The van der Waals surface area contributed by atoms with Crippen molar-refractivity contribution < 1.29 is 9.53 Å². The zero-order valence-electron chi connectivity index (χ0n) is 13.8. The molecule has 1 amide bonds. The predicted octanol–water partition coefficient (Wildman–Crippen LogP) is 3.39. The van der Waals surface area contributed by atoms with Gasteiger partial charge in [0.05, 0.1) is 6.21 Å². The Kier molecular flexibility index (Phi) is 5.92. The van der Waals surface area contributed by atoms with Crippen molar-refractivity contribution in [3.05, 3.63) is 64.7 Å². The Bertz CT molecular complexity index is 691. The fraction of sp³-hybridized carbons (Fsp3) is 0.263. The van der Waals surface area contributed by atoms with Crippen LogP contribution in [0.15, 0.2) is 47.6 Å². The molecule has 0 heterocycles. The van der Waals surface area contributed by atoms with Crippen LogP contribution in [0.1, 0.15) is 29.2 Å². The van der Waals surface area contributed by atoms with Gasteiger partial charge in [0.2, 0.25) is 0 Å². The van der Waals surface area contributed by atoms with Gasteiger partial charge in [0.25, 0.3) is 5.91 Å². The summed E-state index contributed by atoms with van der Waals surface area (Å²) in [5, 5.41) is 3.98. The Morgan fingerprint density at radius 1 is 1.17 bits per heavy atom. The van der Waals surface area contributed by atoms with E-state index in [1.165, 1.54) is 5.56 Å². The number of aryl methyl sites for hydroxylation is 3. The second kappa shape index (κ2) is 8.13. The van der Waals surface area contributed by atoms with E-state index in [0.717, 1.165) is 23.1 Å². The Morgan fingerprint density at radius 3 is 2.61 bits per heavy atom. The third kappa shape index (κ3) is 5.25. The highest BCUT2D eigenvalue weighted by atomic mass is 16.5. The molecule has 120 valence electrons. The molecule has 2 aromatic rings. The van der Waals surface area contributed by atoms with Crippen LogP contribution < -0.4 is 10.2 Å². The van der Waals surface area contributed by atoms with Gasteiger partial charge in [0.1, 0.15) is 5.75 Å². The Morgan fingerprint density at radius 2 is 1.91 bits per heavy atom. The lowest BCUT2D eigenvalue weighted by atomic mass is 10.1. The third-order valence-corrected chi connectivity index (χ3v) is 3.53. The van der Waals surface area contributed by atoms with Gasteiger partial charge in [-0.3, -0.25) is 4.79 Å². The number of rotatable bonds is 6. The zero-order chi connectivity index (χ0) is 16.7. The molecule has 1 N–H and O–H groups in total. The van der Waals surface area contributed by atoms with Crippen molar-refractivity contribution in [1.82, 2.24) is 5.43 Å². The molecule has 0 aromatic heterocycles. The van der Waals surface area contributed by atoms with Crippen molar-refractivity contribution in [3.8, 4) is 5.75 Å². The highest BCUT2D eigenvalue weighted by molar-refractivity contribution is 5.84. The number of amides is 1. The van der Waals surface area contributed by atoms with Gasteiger partial charge in [0, 0.05) is 0 Å². The maximum absolute atomic E-state index is 11.7. The fourth-order valence-corrected chi connectivity index (χ4v) is 2.08. The summed E-state index contributed by atoms with van der Waals surface area (Å²) in [7, 11) is 0. The van der Waals surface area contributed by atoms with Crippen LogP contribution in [0.4, 0.5) is 0 Å². The summed E-state index contributed by atoms with van der Waals surface area (Å²) in [5.41, 5.74) is 6.97. The third-order valence-electron chi connectivity index (χ3n) is 3.53. The first-order chi connectivity index (χ1) is 11.1. The van der Waals surface area contributed by atoms with Gasteiger partial charge in [-0.05, 0) is 49.1 Å². The molecule has 0 unspecified atom stereocenters. The molecule has 0 fully saturated rings. The number of hydrogen-bond acceptors (Lipinski definition) is 3. The minimum absolute atomic E-state index is 0.0599. The lowest BCUT2D eigenvalue weighted by Crippen LogP contribution is -2.24. The zero-order valence-corrected chi connectivity index (χ0v) is 13.8. The molecular formula is C19H22N2O2. The number of hydrogen-bond donors (Lipinski definition) is 1. The average molecular weight is 310 g/mol. The number of nitrogens with one attached hydrogen (secondary N) is 1. The van der Waals surface area contributed by atoms with Gasteiger partial charge in [-0.1, -0.05) is 42.8 Å². The number of hydrazone groups is 1. The molecule has 0 saturated carbocycles. The summed E-state index contributed by atoms with van der Waals surface area (Å²) < 4.78 is 5.43. The molecule has 0 bridgehead atoms. The summed E-state index contributed by atoms with van der Waals surface area (Å²) in [6.07, 6.45) is 2.63. The normalized spacial score (nSPS) is 10.7. The molecule has 4 nitrogen and oxygen atoms in total.